The number of phosphoric acid groups is 1. The summed E-state index contributed by atoms with van der Waals surface area (Å²) in [6, 6.07) is 16.6. The number of carbonyl (C=O) groups is 6. The molecule has 0 bridgehead atoms. The summed E-state index contributed by atoms with van der Waals surface area (Å²) in [5.41, 5.74) is -1.93. The average Bonchev–Trinajstić information content (AvgIpc) is 0.766. The van der Waals surface area contributed by atoms with Crippen LogP contribution in [-0.2, 0) is 57.4 Å². The third-order valence-corrected chi connectivity index (χ3v) is 22.2. The van der Waals surface area contributed by atoms with Crippen LogP contribution in [0.15, 0.2) is 127 Å². The zero-order valence-corrected chi connectivity index (χ0v) is 64.5. The Morgan fingerprint density at radius 1 is 0.362 bits per heavy atom. The summed E-state index contributed by atoms with van der Waals surface area (Å²) in [5, 5.41) is 5.57. The van der Waals surface area contributed by atoms with Crippen LogP contribution in [0.1, 0.15) is 120 Å². The highest BCUT2D eigenvalue weighted by atomic mass is 35.5. The van der Waals surface area contributed by atoms with Gasteiger partial charge in [0.2, 0.25) is 0 Å². The molecular weight excluding hydrogens is 1640 g/mol. The molecule has 3 heterocycles. The van der Waals surface area contributed by atoms with Gasteiger partial charge in [0.1, 0.15) is 87.1 Å². The molecule has 0 fully saturated rings. The zero-order valence-electron chi connectivity index (χ0n) is 61.3. The molecule has 0 aromatic heterocycles. The average molecular weight is 1700 g/mol. The summed E-state index contributed by atoms with van der Waals surface area (Å²) >= 11 is 20.6. The number of rotatable bonds is 27. The lowest BCUT2D eigenvalue weighted by atomic mass is 9.98. The number of ether oxygens (including phenoxy) is 3. The van der Waals surface area contributed by atoms with Crippen LogP contribution in [0, 0.1) is 69.8 Å². The minimum atomic E-state index is -5.28. The molecule has 12 rings (SSSR count). The van der Waals surface area contributed by atoms with Gasteiger partial charge in [-0.2, -0.15) is 0 Å². The Kier molecular flexibility index (Phi) is 25.1. The smallest absolute Gasteiger partial charge is 0.465 e. The number of urea groups is 3. The summed E-state index contributed by atoms with van der Waals surface area (Å²) in [7, 11) is -0.949. The first-order valence-corrected chi connectivity index (χ1v) is 37.2. The maximum atomic E-state index is 16.2. The van der Waals surface area contributed by atoms with Crippen molar-refractivity contribution < 1.29 is 114 Å². The molecule has 3 unspecified atom stereocenters. The standard InChI is InChI=1S/C78H63Cl3F12N9O13P/c1-37-46-10-7-40(73(103)94-28-49-58(88)22-43(82)23-59(49)89)19-64(46)100(76(106)97(37)4)31-52-55(85)13-16-67(70(52)79)110-34-113-116(109,114-35-111-68-17-14-56(86)53(71(68)80)32-101-65-20-41(8-11-47(65)38(2)98(5)77(101)107)74(104)95-29-50-60(90)24-44(83)25-61(50)91)115-36-112-69-18-15-57(87)54(72(69)81)33-102-66-21-42(9-12-48(66)39(3)99(6)78(102)108)75(105)96-30-51-62(92)26-45(84)27-63(51)93/h7-27,37-39H,28-36H2,1-6H3,(H,94,103)(H,95,104)(H,96,105). The Balaban J connectivity index is 0.790. The highest BCUT2D eigenvalue weighted by Gasteiger charge is 2.40. The zero-order chi connectivity index (χ0) is 83.8. The van der Waals surface area contributed by atoms with Crippen LogP contribution in [0.25, 0.3) is 0 Å². The number of nitrogens with zero attached hydrogens (tertiary/aromatic N) is 6. The molecule has 9 aromatic rings. The van der Waals surface area contributed by atoms with E-state index in [0.717, 1.165) is 51.1 Å². The first-order valence-electron chi connectivity index (χ1n) is 34.7. The van der Waals surface area contributed by atoms with Crippen molar-refractivity contribution >= 4 is 95.5 Å². The Hall–Kier alpha value is -11.3. The number of carbonyl (C=O) groups excluding carboxylic acids is 6. The SMILES string of the molecule is CC1c2ccc(C(=O)NCc3c(F)cc(F)cc3F)cc2N(Cc2c(F)ccc(OCOP(=O)(OCOc3ccc(F)c(CN4C(=O)N(C)C(C)c5ccc(C(=O)NCc6c(F)cc(F)cc6F)cc54)c3Cl)OCOc3ccc(F)c(CN4C(=O)N(C)C(C)c5ccc(C(=O)NCc6c(F)cc(F)cc6F)cc54)c3Cl)c2Cl)C(=O)N1C. The molecule has 22 nitrogen and oxygen atoms in total. The fourth-order valence-corrected chi connectivity index (χ4v) is 14.4. The van der Waals surface area contributed by atoms with E-state index in [1.807, 2.05) is 0 Å². The monoisotopic (exact) mass is 1700 g/mol. The highest BCUT2D eigenvalue weighted by Crippen LogP contribution is 2.51. The van der Waals surface area contributed by atoms with Crippen LogP contribution in [0.3, 0.4) is 0 Å². The van der Waals surface area contributed by atoms with Crippen molar-refractivity contribution in [3.05, 3.63) is 279 Å². The van der Waals surface area contributed by atoms with Crippen molar-refractivity contribution in [3.63, 3.8) is 0 Å². The Morgan fingerprint density at radius 3 is 0.845 bits per heavy atom. The lowest BCUT2D eigenvalue weighted by molar-refractivity contribution is -0.00452. The van der Waals surface area contributed by atoms with E-state index in [1.165, 1.54) is 90.4 Å². The molecular formula is C78H63Cl3F12N9O13P. The number of halogens is 15. The summed E-state index contributed by atoms with van der Waals surface area (Å²) < 4.78 is 226. The molecule has 0 radical (unpaired) electrons. The van der Waals surface area contributed by atoms with Crippen LogP contribution in [0.5, 0.6) is 17.2 Å². The summed E-state index contributed by atoms with van der Waals surface area (Å²) in [4.78, 5) is 90.0. The van der Waals surface area contributed by atoms with Gasteiger partial charge in [0.15, 0.2) is 20.4 Å². The third-order valence-electron chi connectivity index (χ3n) is 19.7. The molecule has 0 saturated carbocycles. The van der Waals surface area contributed by atoms with Crippen LogP contribution >= 0.6 is 42.6 Å². The quantitative estimate of drug-likeness (QED) is 0.0247. The van der Waals surface area contributed by atoms with E-state index in [1.54, 1.807) is 20.8 Å². The van der Waals surface area contributed by atoms with Crippen molar-refractivity contribution in [2.24, 2.45) is 0 Å². The van der Waals surface area contributed by atoms with Crippen molar-refractivity contribution in [2.75, 3.05) is 56.2 Å². The van der Waals surface area contributed by atoms with E-state index in [2.05, 4.69) is 16.0 Å². The molecule has 3 N–H and O–H groups in total. The first kappa shape index (κ1) is 84.1. The number of anilines is 3. The van der Waals surface area contributed by atoms with Crippen molar-refractivity contribution in [1.82, 2.24) is 30.7 Å². The number of nitrogens with one attached hydrogen (secondary N) is 3. The third kappa shape index (κ3) is 17.5. The summed E-state index contributed by atoms with van der Waals surface area (Å²) in [6.07, 6.45) is 0. The van der Waals surface area contributed by atoms with Gasteiger partial charge in [0.25, 0.3) is 17.7 Å². The molecule has 9 aromatic carbocycles. The van der Waals surface area contributed by atoms with Crippen molar-refractivity contribution in [2.45, 2.75) is 78.2 Å². The van der Waals surface area contributed by atoms with Gasteiger partial charge >= 0.3 is 25.9 Å². The van der Waals surface area contributed by atoms with E-state index in [-0.39, 0.29) is 33.8 Å². The number of fused-ring (bicyclic) bond motifs is 3. The minimum absolute atomic E-state index is 0.0746. The Bertz CT molecular complexity index is 4940. The molecule has 3 aliphatic heterocycles. The molecule has 0 spiro atoms. The normalized spacial score (nSPS) is 15.8. The predicted octanol–water partition coefficient (Wildman–Crippen LogP) is 18.1. The van der Waals surface area contributed by atoms with Crippen LogP contribution in [0.2, 0.25) is 15.1 Å². The van der Waals surface area contributed by atoms with Gasteiger partial charge < -0.3 is 44.9 Å². The van der Waals surface area contributed by atoms with Gasteiger partial charge in [-0.05, 0) is 110 Å². The van der Waals surface area contributed by atoms with Gasteiger partial charge in [0, 0.05) is 127 Å². The molecule has 0 saturated heterocycles. The molecule has 608 valence electrons. The predicted molar refractivity (Wildman–Crippen MR) is 397 cm³/mol. The second kappa shape index (κ2) is 34.7. The number of hydrogen-bond donors (Lipinski definition) is 3. The fraction of sp³-hybridized carbons (Fsp3) is 0.231. The second-order valence-corrected chi connectivity index (χ2v) is 29.3. The first-order chi connectivity index (χ1) is 55.0. The van der Waals surface area contributed by atoms with Gasteiger partial charge in [-0.1, -0.05) is 53.0 Å². The summed E-state index contributed by atoms with van der Waals surface area (Å²) in [6.45, 7) is -2.68. The number of phosphoric ester groups is 1. The largest absolute Gasteiger partial charge is 0.483 e. The molecule has 9 amide bonds. The molecule has 3 atom stereocenters. The van der Waals surface area contributed by atoms with Gasteiger partial charge in [-0.15, -0.1) is 0 Å². The van der Waals surface area contributed by atoms with Gasteiger partial charge in [0.05, 0.1) is 69.9 Å². The molecule has 116 heavy (non-hydrogen) atoms. The van der Waals surface area contributed by atoms with Crippen molar-refractivity contribution in [1.29, 1.82) is 0 Å². The van der Waals surface area contributed by atoms with Gasteiger partial charge in [-0.25, -0.2) is 85.2 Å². The van der Waals surface area contributed by atoms with Crippen LogP contribution in [0.4, 0.5) is 84.1 Å². The number of benzene rings is 9. The minimum Gasteiger partial charge on any atom is -0.465 e. The van der Waals surface area contributed by atoms with E-state index in [4.69, 9.17) is 62.6 Å². The van der Waals surface area contributed by atoms with E-state index < -0.39 is 257 Å². The molecule has 38 heteroatoms. The highest BCUT2D eigenvalue weighted by molar-refractivity contribution is 7.48. The summed E-state index contributed by atoms with van der Waals surface area (Å²) in [5.74, 6) is -18.0. The maximum absolute atomic E-state index is 16.2. The van der Waals surface area contributed by atoms with E-state index >= 15 is 13.2 Å². The maximum Gasteiger partial charge on any atom is 0.483 e. The molecule has 0 aliphatic carbocycles. The van der Waals surface area contributed by atoms with E-state index in [9.17, 15) is 72.8 Å². The topological polar surface area (TPSA) is 230 Å². The number of amides is 9. The Labute approximate surface area is 667 Å². The van der Waals surface area contributed by atoms with E-state index in [0.29, 0.717) is 53.1 Å². The second-order valence-electron chi connectivity index (χ2n) is 26.5. The van der Waals surface area contributed by atoms with Crippen LogP contribution in [-0.4, -0.2) is 92.0 Å². The van der Waals surface area contributed by atoms with Crippen LogP contribution < -0.4 is 44.9 Å². The Morgan fingerprint density at radius 2 is 0.603 bits per heavy atom. The lowest BCUT2D eigenvalue weighted by Crippen LogP contribution is -2.46. The van der Waals surface area contributed by atoms with Gasteiger partial charge in [-0.3, -0.25) is 29.1 Å². The number of hydrogen-bond acceptors (Lipinski definition) is 13. The molecule has 3 aliphatic rings. The fourth-order valence-electron chi connectivity index (χ4n) is 12.9. The van der Waals surface area contributed by atoms with Crippen molar-refractivity contribution in [3.8, 4) is 17.2 Å². The lowest BCUT2D eigenvalue weighted by Gasteiger charge is -2.40.